The third-order valence-corrected chi connectivity index (χ3v) is 7.74. The first-order chi connectivity index (χ1) is 16.9. The highest BCUT2D eigenvalue weighted by atomic mass is 32.1. The summed E-state index contributed by atoms with van der Waals surface area (Å²) in [6.45, 7) is 8.29. The maximum Gasteiger partial charge on any atom is 0.322 e. The molecule has 2 aromatic carbocycles. The van der Waals surface area contributed by atoms with Crippen molar-refractivity contribution in [2.24, 2.45) is 0 Å². The number of urea groups is 1. The fourth-order valence-corrected chi connectivity index (χ4v) is 5.60. The van der Waals surface area contributed by atoms with Gasteiger partial charge in [-0.1, -0.05) is 42.0 Å². The number of fused-ring (bicyclic) bond motifs is 1. The van der Waals surface area contributed by atoms with Crippen molar-refractivity contribution in [3.63, 3.8) is 0 Å². The van der Waals surface area contributed by atoms with Crippen LogP contribution >= 0.6 is 11.3 Å². The van der Waals surface area contributed by atoms with Crippen molar-refractivity contribution in [3.8, 4) is 0 Å². The van der Waals surface area contributed by atoms with Gasteiger partial charge in [-0.05, 0) is 61.5 Å². The van der Waals surface area contributed by atoms with Crippen LogP contribution in [0.2, 0.25) is 0 Å². The lowest BCUT2D eigenvalue weighted by molar-refractivity contribution is 0.0583. The lowest BCUT2D eigenvalue weighted by atomic mass is 10.1. The summed E-state index contributed by atoms with van der Waals surface area (Å²) in [5.41, 5.74) is 5.06. The van der Waals surface area contributed by atoms with E-state index < -0.39 is 0 Å². The zero-order valence-electron chi connectivity index (χ0n) is 20.3. The van der Waals surface area contributed by atoms with Crippen LogP contribution < -0.4 is 5.32 Å². The van der Waals surface area contributed by atoms with Crippen LogP contribution in [0, 0.1) is 13.8 Å². The first kappa shape index (κ1) is 23.2. The summed E-state index contributed by atoms with van der Waals surface area (Å²) >= 11 is 1.66. The number of carbonyl (C=O) groups is 2. The van der Waals surface area contributed by atoms with Crippen molar-refractivity contribution >= 4 is 39.2 Å². The van der Waals surface area contributed by atoms with E-state index in [9.17, 15) is 9.59 Å². The molecule has 7 heteroatoms. The number of anilines is 1. The van der Waals surface area contributed by atoms with Crippen molar-refractivity contribution in [2.45, 2.75) is 33.4 Å². The molecule has 6 nitrogen and oxygen atoms in total. The molecular weight excluding hydrogens is 456 g/mol. The van der Waals surface area contributed by atoms with Gasteiger partial charge < -0.3 is 19.7 Å². The number of aromatic nitrogens is 1. The number of nitrogens with zero attached hydrogens (tertiary/aromatic N) is 3. The molecule has 1 aliphatic rings. The Kier molecular flexibility index (Phi) is 6.34. The Morgan fingerprint density at radius 3 is 2.54 bits per heavy atom. The molecule has 3 amide bonds. The van der Waals surface area contributed by atoms with Crippen LogP contribution in [0.15, 0.2) is 66.0 Å². The second-order valence-electron chi connectivity index (χ2n) is 9.31. The van der Waals surface area contributed by atoms with Crippen LogP contribution in [0.5, 0.6) is 0 Å². The molecule has 0 bridgehead atoms. The van der Waals surface area contributed by atoms with Gasteiger partial charge in [-0.2, -0.15) is 0 Å². The number of hydrogen-bond donors (Lipinski definition) is 1. The molecule has 0 spiro atoms. The fraction of sp³-hybridized carbons (Fsp3) is 0.286. The largest absolute Gasteiger partial charge is 0.334 e. The Labute approximate surface area is 209 Å². The fourth-order valence-electron chi connectivity index (χ4n) is 4.70. The lowest BCUT2D eigenvalue weighted by Crippen LogP contribution is -2.56. The molecule has 4 aromatic rings. The van der Waals surface area contributed by atoms with Gasteiger partial charge in [-0.3, -0.25) is 4.79 Å². The number of rotatable bonds is 4. The monoisotopic (exact) mass is 486 g/mol. The van der Waals surface area contributed by atoms with Gasteiger partial charge in [0.25, 0.3) is 5.91 Å². The molecule has 1 aliphatic heterocycles. The topological polar surface area (TPSA) is 57.6 Å². The van der Waals surface area contributed by atoms with Crippen LogP contribution in [0.3, 0.4) is 0 Å². The second-order valence-corrected chi connectivity index (χ2v) is 10.2. The maximum absolute atomic E-state index is 13.7. The normalized spacial score (nSPS) is 16.0. The number of benzene rings is 2. The summed E-state index contributed by atoms with van der Waals surface area (Å²) in [4.78, 5) is 31.4. The SMILES string of the molecule is Cc1ccc(NC(=O)N2CCN(C(=O)c3cc4ccsc4n3Cc3ccccc3C)CC2C)cc1. The third-order valence-electron chi connectivity index (χ3n) is 6.79. The van der Waals surface area contributed by atoms with Crippen LogP contribution in [-0.4, -0.2) is 52.0 Å². The summed E-state index contributed by atoms with van der Waals surface area (Å²) in [6.07, 6.45) is 0. The molecule has 0 aliphatic carbocycles. The summed E-state index contributed by atoms with van der Waals surface area (Å²) < 4.78 is 2.14. The van der Waals surface area contributed by atoms with E-state index in [0.29, 0.717) is 31.9 Å². The van der Waals surface area contributed by atoms with E-state index in [0.717, 1.165) is 21.5 Å². The van der Waals surface area contributed by atoms with E-state index in [2.05, 4.69) is 40.4 Å². The minimum atomic E-state index is -0.128. The van der Waals surface area contributed by atoms with Crippen molar-refractivity contribution in [3.05, 3.63) is 88.4 Å². The zero-order valence-corrected chi connectivity index (χ0v) is 21.1. The van der Waals surface area contributed by atoms with E-state index >= 15 is 0 Å². The van der Waals surface area contributed by atoms with Crippen LogP contribution in [0.25, 0.3) is 10.2 Å². The smallest absolute Gasteiger partial charge is 0.322 e. The van der Waals surface area contributed by atoms with Gasteiger partial charge in [0.15, 0.2) is 0 Å². The first-order valence-electron chi connectivity index (χ1n) is 12.0. The Bertz CT molecular complexity index is 1370. The van der Waals surface area contributed by atoms with Crippen molar-refractivity contribution < 1.29 is 9.59 Å². The van der Waals surface area contributed by atoms with Gasteiger partial charge in [-0.15, -0.1) is 11.3 Å². The lowest BCUT2D eigenvalue weighted by Gasteiger charge is -2.39. The number of thiophene rings is 1. The molecule has 1 fully saturated rings. The molecule has 3 heterocycles. The maximum atomic E-state index is 13.7. The minimum absolute atomic E-state index is 0.0208. The molecule has 0 radical (unpaired) electrons. The molecule has 180 valence electrons. The average Bonchev–Trinajstić information content (AvgIpc) is 3.44. The zero-order chi connectivity index (χ0) is 24.5. The average molecular weight is 487 g/mol. The predicted molar refractivity (Wildman–Crippen MR) is 142 cm³/mol. The molecule has 1 saturated heterocycles. The van der Waals surface area contributed by atoms with Crippen molar-refractivity contribution in [1.29, 1.82) is 0 Å². The molecule has 1 N–H and O–H groups in total. The molecule has 1 atom stereocenters. The van der Waals surface area contributed by atoms with Gasteiger partial charge >= 0.3 is 6.03 Å². The number of aryl methyl sites for hydroxylation is 2. The van der Waals surface area contributed by atoms with E-state index in [1.165, 1.54) is 11.1 Å². The highest BCUT2D eigenvalue weighted by molar-refractivity contribution is 7.16. The van der Waals surface area contributed by atoms with Crippen LogP contribution in [-0.2, 0) is 6.54 Å². The number of piperazine rings is 1. The summed E-state index contributed by atoms with van der Waals surface area (Å²) in [5.74, 6) is 0.0208. The third kappa shape index (κ3) is 4.68. The van der Waals surface area contributed by atoms with Crippen molar-refractivity contribution in [1.82, 2.24) is 14.4 Å². The summed E-state index contributed by atoms with van der Waals surface area (Å²) in [6, 6.07) is 19.9. The van der Waals surface area contributed by atoms with E-state index in [1.54, 1.807) is 11.3 Å². The minimum Gasteiger partial charge on any atom is -0.334 e. The summed E-state index contributed by atoms with van der Waals surface area (Å²) in [5, 5.41) is 6.15. The predicted octanol–water partition coefficient (Wildman–Crippen LogP) is 5.75. The molecule has 35 heavy (non-hydrogen) atoms. The Morgan fingerprint density at radius 1 is 1.03 bits per heavy atom. The number of hydrogen-bond acceptors (Lipinski definition) is 3. The Hall–Kier alpha value is -3.58. The highest BCUT2D eigenvalue weighted by Gasteiger charge is 2.32. The number of carbonyl (C=O) groups excluding carboxylic acids is 2. The van der Waals surface area contributed by atoms with E-state index in [1.807, 2.05) is 66.1 Å². The molecule has 2 aromatic heterocycles. The highest BCUT2D eigenvalue weighted by Crippen LogP contribution is 2.28. The first-order valence-corrected chi connectivity index (χ1v) is 12.8. The van der Waals surface area contributed by atoms with Gasteiger partial charge in [-0.25, -0.2) is 4.79 Å². The standard InChI is InChI=1S/C28H30N4O2S/c1-19-8-10-24(11-9-19)29-28(34)31-14-13-30(17-21(31)3)26(33)25-16-22-12-15-35-27(22)32(25)18-23-7-5-4-6-20(23)2/h4-12,15-16,21H,13-14,17-18H2,1-3H3,(H,29,34). The second kappa shape index (κ2) is 9.58. The molecule has 5 rings (SSSR count). The molecular formula is C28H30N4O2S. The van der Waals surface area contributed by atoms with Gasteiger partial charge in [0.2, 0.25) is 0 Å². The van der Waals surface area contributed by atoms with Crippen molar-refractivity contribution in [2.75, 3.05) is 25.0 Å². The van der Waals surface area contributed by atoms with E-state index in [-0.39, 0.29) is 18.0 Å². The molecule has 1 unspecified atom stereocenters. The Morgan fingerprint density at radius 2 is 1.80 bits per heavy atom. The number of amides is 3. The van der Waals surface area contributed by atoms with E-state index in [4.69, 9.17) is 0 Å². The van der Waals surface area contributed by atoms with Gasteiger partial charge in [0, 0.05) is 43.3 Å². The van der Waals surface area contributed by atoms with Crippen LogP contribution in [0.1, 0.15) is 34.1 Å². The summed E-state index contributed by atoms with van der Waals surface area (Å²) in [7, 11) is 0. The van der Waals surface area contributed by atoms with Gasteiger partial charge in [0.1, 0.15) is 10.5 Å². The quantitative estimate of drug-likeness (QED) is 0.400. The van der Waals surface area contributed by atoms with Gasteiger partial charge in [0.05, 0.1) is 0 Å². The molecule has 0 saturated carbocycles. The Balaban J connectivity index is 1.32. The number of nitrogens with one attached hydrogen (secondary N) is 1. The van der Waals surface area contributed by atoms with Crippen LogP contribution in [0.4, 0.5) is 10.5 Å².